The second kappa shape index (κ2) is 6.28. The zero-order chi connectivity index (χ0) is 18.3. The Morgan fingerprint density at radius 2 is 1.85 bits per heavy atom. The topological polar surface area (TPSA) is 78.9 Å². The van der Waals surface area contributed by atoms with Crippen molar-refractivity contribution in [3.8, 4) is 22.5 Å². The van der Waals surface area contributed by atoms with E-state index in [1.807, 2.05) is 37.3 Å². The Bertz CT molecular complexity index is 1130. The van der Waals surface area contributed by atoms with E-state index in [4.69, 9.17) is 11.6 Å². The largest absolute Gasteiger partial charge is 0.478 e. The standard InChI is InChI=1S/C20H14ClN3O2/c1-11-5-7-12(8-6-11)18-17-15(20(25)26)10-16(22-19(17)24-23-18)13-3-2-4-14(21)9-13/h2-10H,1H3,(H,25,26)(H,22,23,24). The molecule has 0 spiro atoms. The fraction of sp³-hybridized carbons (Fsp3) is 0.0500. The van der Waals surface area contributed by atoms with Gasteiger partial charge in [-0.3, -0.25) is 5.10 Å². The number of aromatic carboxylic acids is 1. The Labute approximate surface area is 154 Å². The van der Waals surface area contributed by atoms with Crippen molar-refractivity contribution in [2.75, 3.05) is 0 Å². The number of benzene rings is 2. The minimum absolute atomic E-state index is 0.148. The molecule has 128 valence electrons. The van der Waals surface area contributed by atoms with Gasteiger partial charge in [-0.1, -0.05) is 53.6 Å². The molecule has 2 N–H and O–H groups in total. The summed E-state index contributed by atoms with van der Waals surface area (Å²) in [5, 5.41) is 18.0. The summed E-state index contributed by atoms with van der Waals surface area (Å²) in [4.78, 5) is 16.4. The molecule has 4 aromatic rings. The molecule has 0 fully saturated rings. The van der Waals surface area contributed by atoms with Crippen molar-refractivity contribution in [2.24, 2.45) is 0 Å². The van der Waals surface area contributed by atoms with Crippen molar-refractivity contribution in [3.05, 3.63) is 70.7 Å². The lowest BCUT2D eigenvalue weighted by Gasteiger charge is -2.06. The molecule has 2 heterocycles. The monoisotopic (exact) mass is 363 g/mol. The molecule has 5 nitrogen and oxygen atoms in total. The van der Waals surface area contributed by atoms with E-state index in [1.165, 1.54) is 0 Å². The molecule has 0 aliphatic carbocycles. The van der Waals surface area contributed by atoms with E-state index in [0.717, 1.165) is 16.7 Å². The number of rotatable bonds is 3. The van der Waals surface area contributed by atoms with Crippen LogP contribution in [0.3, 0.4) is 0 Å². The van der Waals surface area contributed by atoms with Crippen LogP contribution in [0.5, 0.6) is 0 Å². The number of aromatic nitrogens is 3. The normalized spacial score (nSPS) is 11.0. The highest BCUT2D eigenvalue weighted by Crippen LogP contribution is 2.32. The Morgan fingerprint density at radius 1 is 1.08 bits per heavy atom. The van der Waals surface area contributed by atoms with E-state index < -0.39 is 5.97 Å². The predicted octanol–water partition coefficient (Wildman–Crippen LogP) is 4.95. The average Bonchev–Trinajstić information content (AvgIpc) is 3.05. The first-order valence-corrected chi connectivity index (χ1v) is 8.36. The number of carbonyl (C=O) groups is 1. The third kappa shape index (κ3) is 2.82. The van der Waals surface area contributed by atoms with Crippen LogP contribution in [0.15, 0.2) is 54.6 Å². The van der Waals surface area contributed by atoms with Crippen molar-refractivity contribution in [1.82, 2.24) is 15.2 Å². The Kier molecular flexibility index (Phi) is 3.93. The van der Waals surface area contributed by atoms with Crippen LogP contribution in [0.25, 0.3) is 33.5 Å². The molecule has 0 saturated heterocycles. The first kappa shape index (κ1) is 16.3. The van der Waals surface area contributed by atoms with Crippen molar-refractivity contribution >= 4 is 28.6 Å². The van der Waals surface area contributed by atoms with Crippen LogP contribution < -0.4 is 0 Å². The molecular weight excluding hydrogens is 350 g/mol. The van der Waals surface area contributed by atoms with Gasteiger partial charge >= 0.3 is 5.97 Å². The highest BCUT2D eigenvalue weighted by molar-refractivity contribution is 6.30. The average molecular weight is 364 g/mol. The minimum atomic E-state index is -1.03. The number of fused-ring (bicyclic) bond motifs is 1. The lowest BCUT2D eigenvalue weighted by atomic mass is 10.0. The van der Waals surface area contributed by atoms with E-state index in [0.29, 0.717) is 27.4 Å². The summed E-state index contributed by atoms with van der Waals surface area (Å²) >= 11 is 6.05. The lowest BCUT2D eigenvalue weighted by molar-refractivity contribution is 0.0699. The van der Waals surface area contributed by atoms with Gasteiger partial charge < -0.3 is 5.11 Å². The Balaban J connectivity index is 1.96. The summed E-state index contributed by atoms with van der Waals surface area (Å²) in [5.74, 6) is -1.03. The van der Waals surface area contributed by atoms with Gasteiger partial charge in [0.1, 0.15) is 0 Å². The van der Waals surface area contributed by atoms with Crippen molar-refractivity contribution in [1.29, 1.82) is 0 Å². The van der Waals surface area contributed by atoms with Gasteiger partial charge in [-0.2, -0.15) is 5.10 Å². The van der Waals surface area contributed by atoms with Crippen molar-refractivity contribution in [3.63, 3.8) is 0 Å². The van der Waals surface area contributed by atoms with E-state index in [1.54, 1.807) is 24.3 Å². The number of carboxylic acids is 1. The van der Waals surface area contributed by atoms with Gasteiger partial charge in [-0.25, -0.2) is 9.78 Å². The Morgan fingerprint density at radius 3 is 2.54 bits per heavy atom. The number of halogens is 1. The quantitative estimate of drug-likeness (QED) is 0.539. The van der Waals surface area contributed by atoms with Gasteiger partial charge in [0.15, 0.2) is 5.65 Å². The maximum absolute atomic E-state index is 11.9. The van der Waals surface area contributed by atoms with Gasteiger partial charge in [0.25, 0.3) is 0 Å². The number of nitrogens with one attached hydrogen (secondary N) is 1. The first-order chi connectivity index (χ1) is 12.5. The highest BCUT2D eigenvalue weighted by Gasteiger charge is 2.19. The van der Waals surface area contributed by atoms with Gasteiger partial charge in [-0.05, 0) is 25.1 Å². The van der Waals surface area contributed by atoms with E-state index >= 15 is 0 Å². The summed E-state index contributed by atoms with van der Waals surface area (Å²) in [6.07, 6.45) is 0. The number of hydrogen-bond donors (Lipinski definition) is 2. The third-order valence-electron chi connectivity index (χ3n) is 4.21. The van der Waals surface area contributed by atoms with Crippen LogP contribution in [0.2, 0.25) is 5.02 Å². The van der Waals surface area contributed by atoms with Gasteiger partial charge in [0, 0.05) is 16.1 Å². The molecule has 0 bridgehead atoms. The summed E-state index contributed by atoms with van der Waals surface area (Å²) in [6, 6.07) is 16.5. The molecule has 0 unspecified atom stereocenters. The fourth-order valence-corrected chi connectivity index (χ4v) is 3.11. The molecule has 2 aromatic heterocycles. The van der Waals surface area contributed by atoms with Crippen LogP contribution in [0, 0.1) is 6.92 Å². The lowest BCUT2D eigenvalue weighted by Crippen LogP contribution is -2.00. The predicted molar refractivity (Wildman–Crippen MR) is 101 cm³/mol. The molecule has 0 amide bonds. The summed E-state index contributed by atoms with van der Waals surface area (Å²) in [5.41, 5.74) is 4.38. The number of pyridine rings is 1. The minimum Gasteiger partial charge on any atom is -0.478 e. The van der Waals surface area contributed by atoms with Crippen LogP contribution in [-0.4, -0.2) is 26.3 Å². The molecule has 0 radical (unpaired) electrons. The second-order valence-corrected chi connectivity index (χ2v) is 6.47. The highest BCUT2D eigenvalue weighted by atomic mass is 35.5. The number of hydrogen-bond acceptors (Lipinski definition) is 3. The van der Waals surface area contributed by atoms with Crippen LogP contribution in [0.4, 0.5) is 0 Å². The summed E-state index contributed by atoms with van der Waals surface area (Å²) < 4.78 is 0. The summed E-state index contributed by atoms with van der Waals surface area (Å²) in [6.45, 7) is 2.00. The number of carboxylic acid groups (broad SMARTS) is 1. The second-order valence-electron chi connectivity index (χ2n) is 6.03. The number of aromatic amines is 1. The van der Waals surface area contributed by atoms with E-state index in [9.17, 15) is 9.90 Å². The van der Waals surface area contributed by atoms with Crippen molar-refractivity contribution in [2.45, 2.75) is 6.92 Å². The molecule has 0 aliphatic heterocycles. The van der Waals surface area contributed by atoms with Crippen LogP contribution >= 0.6 is 11.6 Å². The maximum Gasteiger partial charge on any atom is 0.336 e. The third-order valence-corrected chi connectivity index (χ3v) is 4.45. The zero-order valence-corrected chi connectivity index (χ0v) is 14.6. The molecule has 0 saturated carbocycles. The molecule has 0 aliphatic rings. The Hall–Kier alpha value is -3.18. The van der Waals surface area contributed by atoms with Gasteiger partial charge in [0.2, 0.25) is 0 Å². The SMILES string of the molecule is Cc1ccc(-c2[nH]nc3nc(-c4cccc(Cl)c4)cc(C(=O)O)c23)cc1. The first-order valence-electron chi connectivity index (χ1n) is 7.98. The van der Waals surface area contributed by atoms with Gasteiger partial charge in [0.05, 0.1) is 22.3 Å². The van der Waals surface area contributed by atoms with E-state index in [2.05, 4.69) is 15.2 Å². The molecule has 6 heteroatoms. The van der Waals surface area contributed by atoms with E-state index in [-0.39, 0.29) is 5.56 Å². The molecule has 0 atom stereocenters. The maximum atomic E-state index is 11.9. The smallest absolute Gasteiger partial charge is 0.336 e. The number of nitrogens with zero attached hydrogens (tertiary/aromatic N) is 2. The molecular formula is C20H14ClN3O2. The van der Waals surface area contributed by atoms with Crippen LogP contribution in [0.1, 0.15) is 15.9 Å². The van der Waals surface area contributed by atoms with Crippen LogP contribution in [-0.2, 0) is 0 Å². The fourth-order valence-electron chi connectivity index (χ4n) is 2.92. The summed E-state index contributed by atoms with van der Waals surface area (Å²) in [7, 11) is 0. The number of aryl methyl sites for hydroxylation is 1. The molecule has 26 heavy (non-hydrogen) atoms. The number of H-pyrrole nitrogens is 1. The zero-order valence-electron chi connectivity index (χ0n) is 13.8. The molecule has 2 aromatic carbocycles. The molecule has 4 rings (SSSR count). The van der Waals surface area contributed by atoms with Crippen molar-refractivity contribution < 1.29 is 9.90 Å². The van der Waals surface area contributed by atoms with Gasteiger partial charge in [-0.15, -0.1) is 0 Å².